The maximum absolute atomic E-state index is 13.7. The van der Waals surface area contributed by atoms with Crippen LogP contribution in [0.2, 0.25) is 0 Å². The molecule has 0 N–H and O–H groups in total. The molecular formula is C14H19FO4S. The normalized spacial score (nSPS) is 13.3. The van der Waals surface area contributed by atoms with Gasteiger partial charge in [-0.3, -0.25) is 0 Å². The highest BCUT2D eigenvalue weighted by Gasteiger charge is 2.24. The van der Waals surface area contributed by atoms with Gasteiger partial charge in [-0.1, -0.05) is 19.9 Å². The number of esters is 1. The summed E-state index contributed by atoms with van der Waals surface area (Å²) in [6.45, 7) is 5.28. The molecule has 0 aliphatic rings. The summed E-state index contributed by atoms with van der Waals surface area (Å²) in [7, 11) is -2.19. The summed E-state index contributed by atoms with van der Waals surface area (Å²) in [4.78, 5) is 11.2. The summed E-state index contributed by atoms with van der Waals surface area (Å²) < 4.78 is 42.4. The van der Waals surface area contributed by atoms with Crippen LogP contribution in [0.5, 0.6) is 0 Å². The highest BCUT2D eigenvalue weighted by atomic mass is 32.2. The molecule has 0 aliphatic heterocycles. The molecule has 0 radical (unpaired) electrons. The van der Waals surface area contributed by atoms with Crippen molar-refractivity contribution >= 4 is 15.8 Å². The van der Waals surface area contributed by atoms with Crippen LogP contribution in [-0.2, 0) is 20.3 Å². The number of benzene rings is 1. The van der Waals surface area contributed by atoms with Crippen molar-refractivity contribution in [2.75, 3.05) is 7.11 Å². The molecule has 1 rings (SSSR count). The highest BCUT2D eigenvalue weighted by Crippen LogP contribution is 2.19. The number of ether oxygens (including phenoxy) is 1. The van der Waals surface area contributed by atoms with Crippen LogP contribution in [0.15, 0.2) is 18.2 Å². The fourth-order valence-corrected chi connectivity index (χ4v) is 3.44. The van der Waals surface area contributed by atoms with Crippen molar-refractivity contribution in [3.63, 3.8) is 0 Å². The lowest BCUT2D eigenvalue weighted by atomic mass is 10.1. The van der Waals surface area contributed by atoms with Gasteiger partial charge in [-0.15, -0.1) is 0 Å². The molecule has 0 bridgehead atoms. The van der Waals surface area contributed by atoms with Crippen molar-refractivity contribution in [2.45, 2.75) is 31.8 Å². The number of hydrogen-bond acceptors (Lipinski definition) is 4. The zero-order chi connectivity index (χ0) is 15.5. The van der Waals surface area contributed by atoms with Gasteiger partial charge in [0.2, 0.25) is 0 Å². The standard InChI is InChI=1S/C14H19FO4S/c1-9(2)10(3)20(17,18)8-11-5-6-12(13(15)7-11)14(16)19-4/h5-7,9-10H,8H2,1-4H3. The second-order valence-electron chi connectivity index (χ2n) is 5.06. The number of halogens is 1. The number of carbonyl (C=O) groups excluding carboxylic acids is 1. The van der Waals surface area contributed by atoms with Gasteiger partial charge in [0.25, 0.3) is 0 Å². The number of sulfone groups is 1. The summed E-state index contributed by atoms with van der Waals surface area (Å²) in [6.07, 6.45) is 0. The predicted molar refractivity (Wildman–Crippen MR) is 74.7 cm³/mol. The molecule has 20 heavy (non-hydrogen) atoms. The van der Waals surface area contributed by atoms with E-state index in [0.717, 1.165) is 13.2 Å². The molecule has 1 unspecified atom stereocenters. The summed E-state index contributed by atoms with van der Waals surface area (Å²) in [5, 5.41) is -0.508. The molecule has 0 aliphatic carbocycles. The molecule has 1 atom stereocenters. The fourth-order valence-electron chi connectivity index (χ4n) is 1.70. The van der Waals surface area contributed by atoms with Crippen molar-refractivity contribution in [1.29, 1.82) is 0 Å². The van der Waals surface area contributed by atoms with Crippen LogP contribution >= 0.6 is 0 Å². The molecule has 0 spiro atoms. The average Bonchev–Trinajstić information content (AvgIpc) is 2.36. The minimum atomic E-state index is -3.35. The van der Waals surface area contributed by atoms with E-state index in [1.54, 1.807) is 6.92 Å². The summed E-state index contributed by atoms with van der Waals surface area (Å²) in [5.74, 6) is -1.82. The van der Waals surface area contributed by atoms with Gasteiger partial charge in [0.1, 0.15) is 5.82 Å². The lowest BCUT2D eigenvalue weighted by Gasteiger charge is -2.16. The maximum atomic E-state index is 13.7. The van der Waals surface area contributed by atoms with Gasteiger partial charge in [0.15, 0.2) is 9.84 Å². The average molecular weight is 302 g/mol. The fraction of sp³-hybridized carbons (Fsp3) is 0.500. The number of carbonyl (C=O) groups is 1. The van der Waals surface area contributed by atoms with Crippen LogP contribution in [-0.4, -0.2) is 26.7 Å². The summed E-state index contributed by atoms with van der Waals surface area (Å²) in [5.41, 5.74) is 0.119. The SMILES string of the molecule is COC(=O)c1ccc(CS(=O)(=O)C(C)C(C)C)cc1F. The molecule has 0 aromatic heterocycles. The van der Waals surface area contributed by atoms with Crippen LogP contribution in [0.4, 0.5) is 4.39 Å². The van der Waals surface area contributed by atoms with Crippen molar-refractivity contribution in [2.24, 2.45) is 5.92 Å². The van der Waals surface area contributed by atoms with Crippen LogP contribution in [0, 0.1) is 11.7 Å². The van der Waals surface area contributed by atoms with Gasteiger partial charge < -0.3 is 4.74 Å². The molecular weight excluding hydrogens is 283 g/mol. The second-order valence-corrected chi connectivity index (χ2v) is 7.42. The quantitative estimate of drug-likeness (QED) is 0.784. The van der Waals surface area contributed by atoms with E-state index in [2.05, 4.69) is 4.74 Å². The van der Waals surface area contributed by atoms with Crippen molar-refractivity contribution in [3.05, 3.63) is 35.1 Å². The summed E-state index contributed by atoms with van der Waals surface area (Å²) >= 11 is 0. The smallest absolute Gasteiger partial charge is 0.340 e. The Kier molecular flexibility index (Phi) is 5.28. The third kappa shape index (κ3) is 3.79. The number of hydrogen-bond donors (Lipinski definition) is 0. The number of methoxy groups -OCH3 is 1. The molecule has 0 fully saturated rings. The summed E-state index contributed by atoms with van der Waals surface area (Å²) in [6, 6.07) is 3.74. The van der Waals surface area contributed by atoms with Crippen LogP contribution < -0.4 is 0 Å². The van der Waals surface area contributed by atoms with Crippen molar-refractivity contribution in [1.82, 2.24) is 0 Å². The molecule has 0 heterocycles. The monoisotopic (exact) mass is 302 g/mol. The first-order valence-corrected chi connectivity index (χ1v) is 7.99. The molecule has 6 heteroatoms. The Labute approximate surface area is 118 Å². The van der Waals surface area contributed by atoms with E-state index in [-0.39, 0.29) is 17.2 Å². The molecule has 112 valence electrons. The Bertz CT molecular complexity index is 593. The Morgan fingerprint density at radius 2 is 1.90 bits per heavy atom. The van der Waals surface area contributed by atoms with E-state index >= 15 is 0 Å². The van der Waals surface area contributed by atoms with E-state index in [4.69, 9.17) is 0 Å². The molecule has 0 saturated carbocycles. The second kappa shape index (κ2) is 6.35. The van der Waals surface area contributed by atoms with Gasteiger partial charge >= 0.3 is 5.97 Å². The van der Waals surface area contributed by atoms with Gasteiger partial charge in [-0.25, -0.2) is 17.6 Å². The molecule has 0 amide bonds. The Balaban J connectivity index is 3.01. The van der Waals surface area contributed by atoms with Gasteiger partial charge in [0, 0.05) is 0 Å². The molecule has 4 nitrogen and oxygen atoms in total. The van der Waals surface area contributed by atoms with E-state index in [1.807, 2.05) is 13.8 Å². The highest BCUT2D eigenvalue weighted by molar-refractivity contribution is 7.91. The van der Waals surface area contributed by atoms with E-state index in [1.165, 1.54) is 12.1 Å². The Morgan fingerprint density at radius 1 is 1.30 bits per heavy atom. The van der Waals surface area contributed by atoms with Crippen molar-refractivity contribution in [3.8, 4) is 0 Å². The van der Waals surface area contributed by atoms with Crippen molar-refractivity contribution < 1.29 is 22.3 Å². The zero-order valence-corrected chi connectivity index (χ0v) is 12.8. The molecule has 1 aromatic rings. The Morgan fingerprint density at radius 3 is 2.35 bits per heavy atom. The molecule has 1 aromatic carbocycles. The first-order valence-electron chi connectivity index (χ1n) is 6.27. The first-order chi connectivity index (χ1) is 9.19. The third-order valence-corrected chi connectivity index (χ3v) is 5.72. The van der Waals surface area contributed by atoms with E-state index in [0.29, 0.717) is 5.56 Å². The van der Waals surface area contributed by atoms with Crippen LogP contribution in [0.25, 0.3) is 0 Å². The van der Waals surface area contributed by atoms with E-state index < -0.39 is 26.9 Å². The van der Waals surface area contributed by atoms with Gasteiger partial charge in [0.05, 0.1) is 23.7 Å². The first kappa shape index (κ1) is 16.6. The van der Waals surface area contributed by atoms with Gasteiger partial charge in [-0.2, -0.15) is 0 Å². The van der Waals surface area contributed by atoms with Gasteiger partial charge in [-0.05, 0) is 30.5 Å². The minimum Gasteiger partial charge on any atom is -0.465 e. The lowest BCUT2D eigenvalue weighted by Crippen LogP contribution is -2.25. The Hall–Kier alpha value is -1.43. The zero-order valence-electron chi connectivity index (χ0n) is 12.0. The predicted octanol–water partition coefficient (Wildman–Crippen LogP) is 2.57. The number of rotatable bonds is 5. The molecule has 0 saturated heterocycles. The lowest BCUT2D eigenvalue weighted by molar-refractivity contribution is 0.0595. The topological polar surface area (TPSA) is 60.4 Å². The minimum absolute atomic E-state index is 0.0146. The van der Waals surface area contributed by atoms with E-state index in [9.17, 15) is 17.6 Å². The van der Waals surface area contributed by atoms with Crippen LogP contribution in [0.3, 0.4) is 0 Å². The third-order valence-electron chi connectivity index (χ3n) is 3.31. The largest absolute Gasteiger partial charge is 0.465 e. The maximum Gasteiger partial charge on any atom is 0.340 e. The van der Waals surface area contributed by atoms with Crippen LogP contribution in [0.1, 0.15) is 36.7 Å².